The lowest BCUT2D eigenvalue weighted by Crippen LogP contribution is -2.07. The Bertz CT molecular complexity index is 1050. The third-order valence-electron chi connectivity index (χ3n) is 4.61. The SMILES string of the molecule is C[C@H]1CCc2sc(-c3nnc(SCc4cc(-c5ccco5)on4)o3)cc2C1. The van der Waals surface area contributed by atoms with Crippen LogP contribution in [0.15, 0.2) is 49.1 Å². The third-order valence-corrected chi connectivity index (χ3v) is 6.69. The molecule has 0 saturated heterocycles. The number of aryl methyl sites for hydroxylation is 1. The van der Waals surface area contributed by atoms with Crippen LogP contribution in [0.3, 0.4) is 0 Å². The molecule has 5 rings (SSSR count). The molecule has 0 aliphatic heterocycles. The number of aromatic nitrogens is 3. The fourth-order valence-corrected chi connectivity index (χ4v) is 5.00. The van der Waals surface area contributed by atoms with Gasteiger partial charge < -0.3 is 13.4 Å². The number of furan rings is 1. The molecule has 0 N–H and O–H groups in total. The molecule has 4 aromatic heterocycles. The molecule has 0 bridgehead atoms. The second kappa shape index (κ2) is 7.01. The summed E-state index contributed by atoms with van der Waals surface area (Å²) in [5.41, 5.74) is 2.24. The molecule has 0 aromatic carbocycles. The van der Waals surface area contributed by atoms with Crippen LogP contribution in [-0.4, -0.2) is 15.4 Å². The molecule has 0 amide bonds. The van der Waals surface area contributed by atoms with Gasteiger partial charge in [-0.25, -0.2) is 0 Å². The molecule has 4 aromatic rings. The highest BCUT2D eigenvalue weighted by molar-refractivity contribution is 7.98. The molecule has 27 heavy (non-hydrogen) atoms. The zero-order chi connectivity index (χ0) is 18.2. The Hall–Kier alpha value is -2.32. The summed E-state index contributed by atoms with van der Waals surface area (Å²) >= 11 is 3.22. The molecule has 8 heteroatoms. The topological polar surface area (TPSA) is 78.1 Å². The average Bonchev–Trinajstić information content (AvgIpc) is 3.45. The summed E-state index contributed by atoms with van der Waals surface area (Å²) in [6.45, 7) is 2.31. The summed E-state index contributed by atoms with van der Waals surface area (Å²) in [6.07, 6.45) is 5.16. The van der Waals surface area contributed by atoms with Crippen molar-refractivity contribution in [1.82, 2.24) is 15.4 Å². The molecular weight excluding hydrogens is 382 g/mol. The maximum atomic E-state index is 5.85. The molecule has 0 unspecified atom stereocenters. The standard InChI is InChI=1S/C19H17N3O3S2/c1-11-4-5-16-12(7-11)8-17(27-16)18-20-21-19(24-18)26-10-13-9-15(25-22-13)14-3-2-6-23-14/h2-3,6,8-9,11H,4-5,7,10H2,1H3/t11-/m0/s1. The van der Waals surface area contributed by atoms with Crippen molar-refractivity contribution in [2.75, 3.05) is 0 Å². The molecule has 0 spiro atoms. The minimum Gasteiger partial charge on any atom is -0.461 e. The summed E-state index contributed by atoms with van der Waals surface area (Å²) in [4.78, 5) is 2.53. The van der Waals surface area contributed by atoms with Crippen molar-refractivity contribution in [1.29, 1.82) is 0 Å². The predicted octanol–water partition coefficient (Wildman–Crippen LogP) is 5.46. The van der Waals surface area contributed by atoms with Crippen LogP contribution in [0, 0.1) is 5.92 Å². The molecule has 0 saturated carbocycles. The highest BCUT2D eigenvalue weighted by Crippen LogP contribution is 2.37. The summed E-state index contributed by atoms with van der Waals surface area (Å²) in [5, 5.41) is 13.0. The van der Waals surface area contributed by atoms with Gasteiger partial charge in [-0.1, -0.05) is 23.8 Å². The summed E-state index contributed by atoms with van der Waals surface area (Å²) in [6, 6.07) is 7.72. The quantitative estimate of drug-likeness (QED) is 0.412. The van der Waals surface area contributed by atoms with Gasteiger partial charge >= 0.3 is 0 Å². The minimum absolute atomic E-state index is 0.535. The Balaban J connectivity index is 1.26. The van der Waals surface area contributed by atoms with E-state index < -0.39 is 0 Å². The zero-order valence-corrected chi connectivity index (χ0v) is 16.3. The largest absolute Gasteiger partial charge is 0.461 e. The van der Waals surface area contributed by atoms with Gasteiger partial charge in [0.2, 0.25) is 5.76 Å². The number of thiophene rings is 1. The highest BCUT2D eigenvalue weighted by Gasteiger charge is 2.21. The number of nitrogens with zero attached hydrogens (tertiary/aromatic N) is 3. The van der Waals surface area contributed by atoms with Crippen LogP contribution >= 0.6 is 23.1 Å². The molecule has 0 radical (unpaired) electrons. The van der Waals surface area contributed by atoms with E-state index in [0.717, 1.165) is 29.3 Å². The highest BCUT2D eigenvalue weighted by atomic mass is 32.2. The third kappa shape index (κ3) is 3.46. The van der Waals surface area contributed by atoms with Crippen molar-refractivity contribution < 1.29 is 13.4 Å². The molecule has 6 nitrogen and oxygen atoms in total. The Kier molecular flexibility index (Phi) is 4.37. The van der Waals surface area contributed by atoms with Crippen LogP contribution in [0.5, 0.6) is 0 Å². The summed E-state index contributed by atoms with van der Waals surface area (Å²) in [7, 11) is 0. The Morgan fingerprint density at radius 1 is 1.26 bits per heavy atom. The van der Waals surface area contributed by atoms with E-state index in [1.165, 1.54) is 28.6 Å². The van der Waals surface area contributed by atoms with Crippen LogP contribution in [-0.2, 0) is 18.6 Å². The van der Waals surface area contributed by atoms with Crippen LogP contribution in [0.25, 0.3) is 22.3 Å². The summed E-state index contributed by atoms with van der Waals surface area (Å²) < 4.78 is 16.5. The second-order valence-electron chi connectivity index (χ2n) is 6.73. The van der Waals surface area contributed by atoms with Gasteiger partial charge in [0.1, 0.15) is 0 Å². The van der Waals surface area contributed by atoms with Gasteiger partial charge in [0.25, 0.3) is 11.1 Å². The van der Waals surface area contributed by atoms with Gasteiger partial charge in [0, 0.05) is 16.7 Å². The van der Waals surface area contributed by atoms with E-state index >= 15 is 0 Å². The predicted molar refractivity (Wildman–Crippen MR) is 103 cm³/mol. The van der Waals surface area contributed by atoms with Crippen molar-refractivity contribution in [3.8, 4) is 22.3 Å². The molecule has 138 valence electrons. The fourth-order valence-electron chi connectivity index (χ4n) is 3.23. The minimum atomic E-state index is 0.535. The van der Waals surface area contributed by atoms with Gasteiger partial charge in [-0.15, -0.1) is 21.5 Å². The maximum absolute atomic E-state index is 5.85. The van der Waals surface area contributed by atoms with Crippen LogP contribution in [0.1, 0.15) is 29.5 Å². The van der Waals surface area contributed by atoms with Crippen molar-refractivity contribution in [2.45, 2.75) is 37.2 Å². The van der Waals surface area contributed by atoms with E-state index in [4.69, 9.17) is 13.4 Å². The van der Waals surface area contributed by atoms with E-state index in [-0.39, 0.29) is 0 Å². The van der Waals surface area contributed by atoms with Crippen molar-refractivity contribution >= 4 is 23.1 Å². The number of hydrogen-bond acceptors (Lipinski definition) is 8. The molecular formula is C19H17N3O3S2. The molecule has 1 aliphatic rings. The van der Waals surface area contributed by atoms with Gasteiger partial charge in [-0.05, 0) is 48.9 Å². The van der Waals surface area contributed by atoms with Gasteiger partial charge in [-0.3, -0.25) is 0 Å². The van der Waals surface area contributed by atoms with Gasteiger partial charge in [0.05, 0.1) is 16.8 Å². The van der Waals surface area contributed by atoms with E-state index in [0.29, 0.717) is 28.4 Å². The van der Waals surface area contributed by atoms with Crippen molar-refractivity contribution in [2.24, 2.45) is 5.92 Å². The van der Waals surface area contributed by atoms with Crippen molar-refractivity contribution in [3.63, 3.8) is 0 Å². The van der Waals surface area contributed by atoms with Crippen LogP contribution in [0.2, 0.25) is 0 Å². The molecule has 1 aliphatic carbocycles. The van der Waals surface area contributed by atoms with Crippen molar-refractivity contribution in [3.05, 3.63) is 46.7 Å². The van der Waals surface area contributed by atoms with Crippen LogP contribution < -0.4 is 0 Å². The first-order valence-electron chi connectivity index (χ1n) is 8.82. The van der Waals surface area contributed by atoms with E-state index in [1.807, 2.05) is 18.2 Å². The van der Waals surface area contributed by atoms with E-state index in [1.54, 1.807) is 17.6 Å². The average molecular weight is 399 g/mol. The molecule has 0 fully saturated rings. The second-order valence-corrected chi connectivity index (χ2v) is 8.79. The first-order chi connectivity index (χ1) is 13.2. The lowest BCUT2D eigenvalue weighted by Gasteiger charge is -2.16. The van der Waals surface area contributed by atoms with Gasteiger partial charge in [-0.2, -0.15) is 0 Å². The summed E-state index contributed by atoms with van der Waals surface area (Å²) in [5.74, 6) is 3.21. The first kappa shape index (κ1) is 16.8. The smallest absolute Gasteiger partial charge is 0.277 e. The Morgan fingerprint density at radius 2 is 2.22 bits per heavy atom. The van der Waals surface area contributed by atoms with E-state index in [2.05, 4.69) is 28.3 Å². The lowest BCUT2D eigenvalue weighted by molar-refractivity contribution is 0.413. The number of rotatable bonds is 5. The monoisotopic (exact) mass is 399 g/mol. The molecule has 1 atom stereocenters. The molecule has 4 heterocycles. The first-order valence-corrected chi connectivity index (χ1v) is 10.6. The maximum Gasteiger partial charge on any atom is 0.277 e. The Labute approximate surface area is 164 Å². The van der Waals surface area contributed by atoms with Gasteiger partial charge in [0.15, 0.2) is 5.76 Å². The number of hydrogen-bond donors (Lipinski definition) is 0. The fraction of sp³-hybridized carbons (Fsp3) is 0.316. The zero-order valence-electron chi connectivity index (χ0n) is 14.7. The lowest BCUT2D eigenvalue weighted by atomic mass is 9.90. The number of thioether (sulfide) groups is 1. The van der Waals surface area contributed by atoms with Crippen LogP contribution in [0.4, 0.5) is 0 Å². The van der Waals surface area contributed by atoms with E-state index in [9.17, 15) is 0 Å². The normalized spacial score (nSPS) is 16.6. The number of fused-ring (bicyclic) bond motifs is 1. The Morgan fingerprint density at radius 3 is 3.11 bits per heavy atom.